The molecule has 11 heteroatoms. The highest BCUT2D eigenvalue weighted by atomic mass is 32.2. The van der Waals surface area contributed by atoms with E-state index in [4.69, 9.17) is 4.74 Å². The Balaban J connectivity index is 2.30. The molecule has 1 heterocycles. The second kappa shape index (κ2) is 11.4. The largest absolute Gasteiger partial charge is 0.491 e. The lowest BCUT2D eigenvalue weighted by Crippen LogP contribution is -2.27. The van der Waals surface area contributed by atoms with E-state index in [1.807, 2.05) is 20.8 Å². The molecule has 0 aliphatic carbocycles. The van der Waals surface area contributed by atoms with E-state index in [1.54, 1.807) is 19.1 Å². The van der Waals surface area contributed by atoms with E-state index in [2.05, 4.69) is 25.0 Å². The first-order valence-corrected chi connectivity index (χ1v) is 12.4. The predicted octanol–water partition coefficient (Wildman–Crippen LogP) is 2.95. The molecule has 3 N–H and O–H groups in total. The highest BCUT2D eigenvalue weighted by molar-refractivity contribution is 7.91. The molecule has 32 heavy (non-hydrogen) atoms. The monoisotopic (exact) mass is 469 g/mol. The van der Waals surface area contributed by atoms with Crippen molar-refractivity contribution in [1.29, 1.82) is 0 Å². The lowest BCUT2D eigenvalue weighted by molar-refractivity contribution is 0.259. The lowest BCUT2D eigenvalue weighted by atomic mass is 9.97. The molecule has 2 unspecified atom stereocenters. The van der Waals surface area contributed by atoms with Gasteiger partial charge in [-0.25, -0.2) is 12.8 Å². The van der Waals surface area contributed by atoms with Crippen LogP contribution in [0.2, 0.25) is 0 Å². The van der Waals surface area contributed by atoms with Crippen LogP contribution in [-0.4, -0.2) is 54.0 Å². The van der Waals surface area contributed by atoms with Crippen molar-refractivity contribution in [3.63, 3.8) is 0 Å². The van der Waals surface area contributed by atoms with Crippen molar-refractivity contribution in [3.05, 3.63) is 35.4 Å². The Hall–Kier alpha value is -2.53. The molecule has 0 aliphatic heterocycles. The first-order chi connectivity index (χ1) is 15.0. The van der Waals surface area contributed by atoms with Gasteiger partial charge in [0.05, 0.1) is 25.5 Å². The van der Waals surface area contributed by atoms with Gasteiger partial charge in [-0.1, -0.05) is 26.8 Å². The normalized spacial score (nSPS) is 13.6. The van der Waals surface area contributed by atoms with Gasteiger partial charge >= 0.3 is 0 Å². The molecule has 2 aromatic rings. The molecule has 0 fully saturated rings. The number of hydrogen-bond donors (Lipinski definition) is 3. The predicted molar refractivity (Wildman–Crippen MR) is 122 cm³/mol. The molecule has 0 amide bonds. The molecule has 2 rings (SSSR count). The van der Waals surface area contributed by atoms with E-state index in [1.165, 1.54) is 6.07 Å². The van der Waals surface area contributed by atoms with Gasteiger partial charge in [0.25, 0.3) is 0 Å². The van der Waals surface area contributed by atoms with Crippen molar-refractivity contribution in [2.24, 2.45) is 5.92 Å². The summed E-state index contributed by atoms with van der Waals surface area (Å²) in [5.41, 5.74) is 0.728. The summed E-state index contributed by atoms with van der Waals surface area (Å²) in [7, 11) is -3.60. The van der Waals surface area contributed by atoms with Crippen LogP contribution in [-0.2, 0) is 16.4 Å². The van der Waals surface area contributed by atoms with Gasteiger partial charge in [0, 0.05) is 6.42 Å². The van der Waals surface area contributed by atoms with Crippen LogP contribution in [0.25, 0.3) is 0 Å². The Bertz CT molecular complexity index is 1000. The summed E-state index contributed by atoms with van der Waals surface area (Å²) in [4.78, 5) is 12.7. The first-order valence-electron chi connectivity index (χ1n) is 10.5. The van der Waals surface area contributed by atoms with Crippen molar-refractivity contribution in [1.82, 2.24) is 15.0 Å². The molecule has 0 spiro atoms. The van der Waals surface area contributed by atoms with Gasteiger partial charge < -0.3 is 15.2 Å². The van der Waals surface area contributed by atoms with E-state index < -0.39 is 15.8 Å². The molecule has 178 valence electrons. The number of benzene rings is 1. The Labute approximate surface area is 188 Å². The molecule has 0 aliphatic rings. The van der Waals surface area contributed by atoms with Gasteiger partial charge in [-0.3, -0.25) is 4.72 Å². The number of nitrogens with one attached hydrogen (secondary N) is 2. The summed E-state index contributed by atoms with van der Waals surface area (Å²) >= 11 is 0. The second-order valence-electron chi connectivity index (χ2n) is 8.15. The van der Waals surface area contributed by atoms with Crippen molar-refractivity contribution in [2.45, 2.75) is 52.5 Å². The summed E-state index contributed by atoms with van der Waals surface area (Å²) in [6, 6.07) is 4.48. The number of anilines is 2. The van der Waals surface area contributed by atoms with Crippen LogP contribution < -0.4 is 14.8 Å². The third kappa shape index (κ3) is 8.19. The van der Waals surface area contributed by atoms with E-state index in [0.717, 1.165) is 11.8 Å². The van der Waals surface area contributed by atoms with E-state index in [0.29, 0.717) is 31.2 Å². The van der Waals surface area contributed by atoms with Gasteiger partial charge in [0.15, 0.2) is 11.6 Å². The van der Waals surface area contributed by atoms with Gasteiger partial charge in [-0.05, 0) is 42.9 Å². The number of nitrogens with zero attached hydrogens (tertiary/aromatic N) is 3. The molecular formula is C21H32FN5O4S. The summed E-state index contributed by atoms with van der Waals surface area (Å²) in [6.45, 7) is 7.97. The Kier molecular flexibility index (Phi) is 9.14. The number of aliphatic hydroxyl groups is 1. The maximum atomic E-state index is 14.3. The summed E-state index contributed by atoms with van der Waals surface area (Å²) in [6.07, 6.45) is 2.00. The number of hydrogen-bond acceptors (Lipinski definition) is 8. The fourth-order valence-electron chi connectivity index (χ4n) is 3.21. The zero-order valence-corrected chi connectivity index (χ0v) is 19.9. The minimum absolute atomic E-state index is 0.119. The van der Waals surface area contributed by atoms with Gasteiger partial charge in [-0.2, -0.15) is 15.0 Å². The lowest BCUT2D eigenvalue weighted by Gasteiger charge is -2.19. The highest BCUT2D eigenvalue weighted by Gasteiger charge is 2.18. The topological polar surface area (TPSA) is 126 Å². The Morgan fingerprint density at radius 3 is 2.41 bits per heavy atom. The molecule has 0 bridgehead atoms. The molecule has 0 radical (unpaired) electrons. The zero-order valence-electron chi connectivity index (χ0n) is 19.1. The minimum atomic E-state index is -3.60. The van der Waals surface area contributed by atoms with E-state index >= 15 is 0 Å². The minimum Gasteiger partial charge on any atom is -0.491 e. The maximum Gasteiger partial charge on any atom is 0.241 e. The fraction of sp³-hybridized carbons (Fsp3) is 0.571. The second-order valence-corrected chi connectivity index (χ2v) is 9.90. The third-order valence-electron chi connectivity index (χ3n) is 4.58. The SMILES string of the molecule is CCOc1ccc(C(C)Cc2nc(NC(CO)CC(C)C)nc(NS(C)(=O)=O)n2)cc1F. The highest BCUT2D eigenvalue weighted by Crippen LogP contribution is 2.25. The molecule has 9 nitrogen and oxygen atoms in total. The maximum absolute atomic E-state index is 14.3. The van der Waals surface area contributed by atoms with Crippen LogP contribution in [0.15, 0.2) is 18.2 Å². The standard InChI is InChI=1S/C21H32FN5O4S/c1-6-31-18-8-7-15(11-17(18)22)14(4)10-19-24-20(23-16(12-28)9-13(2)3)26-21(25-19)27-32(5,29)30/h7-8,11,13-14,16,28H,6,9-10,12H2,1-5H3,(H2,23,24,25,26,27). The molecule has 0 saturated heterocycles. The van der Waals surface area contributed by atoms with Crippen LogP contribution in [0.4, 0.5) is 16.3 Å². The summed E-state index contributed by atoms with van der Waals surface area (Å²) < 4.78 is 45.1. The van der Waals surface area contributed by atoms with Gasteiger partial charge in [0.1, 0.15) is 5.82 Å². The van der Waals surface area contributed by atoms with Gasteiger partial charge in [-0.15, -0.1) is 0 Å². The number of sulfonamides is 1. The number of rotatable bonds is 12. The smallest absolute Gasteiger partial charge is 0.241 e. The Morgan fingerprint density at radius 1 is 1.16 bits per heavy atom. The number of aliphatic hydroxyl groups excluding tert-OH is 1. The van der Waals surface area contributed by atoms with Crippen LogP contribution in [0, 0.1) is 11.7 Å². The summed E-state index contributed by atoms with van der Waals surface area (Å²) in [5.74, 6) is 0.270. The number of ether oxygens (including phenoxy) is 1. The summed E-state index contributed by atoms with van der Waals surface area (Å²) in [5, 5.41) is 12.7. The van der Waals surface area contributed by atoms with Crippen molar-refractivity contribution < 1.29 is 22.7 Å². The van der Waals surface area contributed by atoms with Gasteiger partial charge in [0.2, 0.25) is 21.9 Å². The quantitative estimate of drug-likeness (QED) is 0.433. The van der Waals surface area contributed by atoms with Crippen molar-refractivity contribution in [3.8, 4) is 5.75 Å². The zero-order chi connectivity index (χ0) is 23.9. The van der Waals surface area contributed by atoms with Crippen LogP contribution >= 0.6 is 0 Å². The average Bonchev–Trinajstić information content (AvgIpc) is 2.67. The average molecular weight is 470 g/mol. The van der Waals surface area contributed by atoms with Crippen LogP contribution in [0.1, 0.15) is 51.4 Å². The first kappa shape index (κ1) is 25.7. The van der Waals surface area contributed by atoms with E-state index in [-0.39, 0.29) is 36.2 Å². The molecule has 1 aromatic carbocycles. The number of halogens is 1. The van der Waals surface area contributed by atoms with Crippen LogP contribution in [0.3, 0.4) is 0 Å². The third-order valence-corrected chi connectivity index (χ3v) is 5.13. The number of aromatic nitrogens is 3. The fourth-order valence-corrected chi connectivity index (χ4v) is 3.63. The van der Waals surface area contributed by atoms with Crippen molar-refractivity contribution >= 4 is 21.9 Å². The van der Waals surface area contributed by atoms with E-state index in [9.17, 15) is 17.9 Å². The Morgan fingerprint density at radius 2 is 1.84 bits per heavy atom. The molecule has 1 aromatic heterocycles. The molecule has 2 atom stereocenters. The van der Waals surface area contributed by atoms with Crippen LogP contribution in [0.5, 0.6) is 5.75 Å². The van der Waals surface area contributed by atoms with Crippen molar-refractivity contribution in [2.75, 3.05) is 29.5 Å². The molecule has 0 saturated carbocycles. The molecular weight excluding hydrogens is 437 g/mol.